The molecule has 1 aliphatic heterocycles. The van der Waals surface area contributed by atoms with Gasteiger partial charge >= 0.3 is 0 Å². The molecule has 1 saturated heterocycles. The summed E-state index contributed by atoms with van der Waals surface area (Å²) in [6.07, 6.45) is 2.80. The lowest BCUT2D eigenvalue weighted by molar-refractivity contribution is 0.200. The van der Waals surface area contributed by atoms with Gasteiger partial charge in [-0.2, -0.15) is 4.98 Å². The van der Waals surface area contributed by atoms with Crippen LogP contribution in [0.25, 0.3) is 0 Å². The Balaban J connectivity index is 1.94. The van der Waals surface area contributed by atoms with Crippen LogP contribution in [0, 0.1) is 5.92 Å². The van der Waals surface area contributed by atoms with Crippen molar-refractivity contribution in [2.75, 3.05) is 19.3 Å². The normalized spacial score (nSPS) is 25.9. The van der Waals surface area contributed by atoms with E-state index >= 15 is 0 Å². The fourth-order valence-electron chi connectivity index (χ4n) is 2.64. The van der Waals surface area contributed by atoms with E-state index in [2.05, 4.69) is 22.4 Å². The minimum absolute atomic E-state index is 0.0324. The topological polar surface area (TPSA) is 88.3 Å². The van der Waals surface area contributed by atoms with Crippen molar-refractivity contribution in [3.63, 3.8) is 0 Å². The maximum absolute atomic E-state index is 11.6. The number of sulfonamides is 1. The predicted octanol–water partition coefficient (Wildman–Crippen LogP) is 0.953. The molecule has 2 rings (SSSR count). The Morgan fingerprint density at radius 3 is 2.76 bits per heavy atom. The van der Waals surface area contributed by atoms with Crippen LogP contribution in [0.3, 0.4) is 0 Å². The van der Waals surface area contributed by atoms with E-state index in [0.29, 0.717) is 24.8 Å². The van der Waals surface area contributed by atoms with Gasteiger partial charge in [0, 0.05) is 25.6 Å². The van der Waals surface area contributed by atoms with Gasteiger partial charge in [-0.1, -0.05) is 19.0 Å². The molecule has 0 saturated carbocycles. The summed E-state index contributed by atoms with van der Waals surface area (Å²) >= 11 is 0. The molecule has 3 atom stereocenters. The van der Waals surface area contributed by atoms with Crippen LogP contribution in [0.15, 0.2) is 4.52 Å². The molecule has 0 spiro atoms. The standard InChI is InChI=1S/C13H24N4O3S/c1-5-12-15-13(20-16-12)10(3)14-11-6-7-17(8-9(11)2)21(4,18)19/h9-11,14H,5-8H2,1-4H3. The summed E-state index contributed by atoms with van der Waals surface area (Å²) in [5.74, 6) is 1.53. The first-order valence-electron chi connectivity index (χ1n) is 7.35. The van der Waals surface area contributed by atoms with E-state index in [4.69, 9.17) is 4.52 Å². The van der Waals surface area contributed by atoms with Gasteiger partial charge in [0.25, 0.3) is 0 Å². The number of nitrogens with one attached hydrogen (secondary N) is 1. The third-order valence-electron chi connectivity index (χ3n) is 3.97. The first-order chi connectivity index (χ1) is 9.81. The molecular formula is C13H24N4O3S. The zero-order chi connectivity index (χ0) is 15.6. The molecule has 0 bridgehead atoms. The fraction of sp³-hybridized carbons (Fsp3) is 0.846. The monoisotopic (exact) mass is 316 g/mol. The Morgan fingerprint density at radius 1 is 1.52 bits per heavy atom. The summed E-state index contributed by atoms with van der Waals surface area (Å²) in [4.78, 5) is 4.33. The highest BCUT2D eigenvalue weighted by molar-refractivity contribution is 7.88. The lowest BCUT2D eigenvalue weighted by Gasteiger charge is -2.36. The van der Waals surface area contributed by atoms with Crippen LogP contribution in [-0.4, -0.2) is 48.3 Å². The van der Waals surface area contributed by atoms with Gasteiger partial charge in [0.1, 0.15) is 0 Å². The molecule has 1 aromatic heterocycles. The molecule has 0 amide bonds. The number of nitrogens with zero attached hydrogens (tertiary/aromatic N) is 3. The Hall–Kier alpha value is -0.990. The van der Waals surface area contributed by atoms with E-state index in [-0.39, 0.29) is 18.0 Å². The molecule has 1 fully saturated rings. The van der Waals surface area contributed by atoms with Crippen molar-refractivity contribution < 1.29 is 12.9 Å². The highest BCUT2D eigenvalue weighted by Gasteiger charge is 2.31. The lowest BCUT2D eigenvalue weighted by atomic mass is 9.94. The van der Waals surface area contributed by atoms with Gasteiger partial charge in [0.05, 0.1) is 12.3 Å². The van der Waals surface area contributed by atoms with Crippen LogP contribution in [0.4, 0.5) is 0 Å². The maximum atomic E-state index is 11.6. The summed E-state index contributed by atoms with van der Waals surface area (Å²) in [6.45, 7) is 7.14. The molecule has 120 valence electrons. The van der Waals surface area contributed by atoms with Gasteiger partial charge in [0.2, 0.25) is 15.9 Å². The van der Waals surface area contributed by atoms with Crippen molar-refractivity contribution in [3.05, 3.63) is 11.7 Å². The van der Waals surface area contributed by atoms with Crippen LogP contribution in [0.1, 0.15) is 44.9 Å². The number of piperidine rings is 1. The first kappa shape index (κ1) is 16.4. The van der Waals surface area contributed by atoms with Crippen LogP contribution >= 0.6 is 0 Å². The zero-order valence-electron chi connectivity index (χ0n) is 13.0. The Morgan fingerprint density at radius 2 is 2.24 bits per heavy atom. The van der Waals surface area contributed by atoms with Gasteiger partial charge in [0.15, 0.2) is 5.82 Å². The van der Waals surface area contributed by atoms with Crippen molar-refractivity contribution >= 4 is 10.0 Å². The molecular weight excluding hydrogens is 292 g/mol. The fourth-order valence-corrected chi connectivity index (χ4v) is 3.58. The highest BCUT2D eigenvalue weighted by Crippen LogP contribution is 2.22. The molecule has 0 aromatic carbocycles. The minimum atomic E-state index is -3.10. The second-order valence-electron chi connectivity index (χ2n) is 5.78. The molecule has 1 aliphatic rings. The zero-order valence-corrected chi connectivity index (χ0v) is 13.9. The van der Waals surface area contributed by atoms with E-state index in [1.54, 1.807) is 4.31 Å². The Labute approximate surface area is 126 Å². The smallest absolute Gasteiger partial charge is 0.243 e. The molecule has 8 heteroatoms. The van der Waals surface area contributed by atoms with Crippen molar-refractivity contribution in [3.8, 4) is 0 Å². The van der Waals surface area contributed by atoms with E-state index < -0.39 is 10.0 Å². The third kappa shape index (κ3) is 4.02. The molecule has 21 heavy (non-hydrogen) atoms. The maximum Gasteiger partial charge on any atom is 0.243 e. The van der Waals surface area contributed by atoms with Crippen LogP contribution in [0.2, 0.25) is 0 Å². The minimum Gasteiger partial charge on any atom is -0.338 e. The lowest BCUT2D eigenvalue weighted by Crippen LogP contribution is -2.50. The quantitative estimate of drug-likeness (QED) is 0.870. The molecule has 3 unspecified atom stereocenters. The Bertz CT molecular complexity index is 572. The summed E-state index contributed by atoms with van der Waals surface area (Å²) in [5.41, 5.74) is 0. The average molecular weight is 316 g/mol. The van der Waals surface area contributed by atoms with Gasteiger partial charge in [-0.15, -0.1) is 0 Å². The molecule has 1 aromatic rings. The van der Waals surface area contributed by atoms with Crippen LogP contribution in [-0.2, 0) is 16.4 Å². The number of aromatic nitrogens is 2. The second-order valence-corrected chi connectivity index (χ2v) is 7.77. The summed E-state index contributed by atoms with van der Waals surface area (Å²) in [7, 11) is -3.10. The summed E-state index contributed by atoms with van der Waals surface area (Å²) < 4.78 is 30.0. The molecule has 7 nitrogen and oxygen atoms in total. The molecule has 0 aliphatic carbocycles. The first-order valence-corrected chi connectivity index (χ1v) is 9.19. The molecule has 1 N–H and O–H groups in total. The van der Waals surface area contributed by atoms with Crippen molar-refractivity contribution in [1.82, 2.24) is 19.8 Å². The van der Waals surface area contributed by atoms with Crippen LogP contribution < -0.4 is 5.32 Å². The van der Waals surface area contributed by atoms with Crippen LogP contribution in [0.5, 0.6) is 0 Å². The van der Waals surface area contributed by atoms with E-state index in [1.165, 1.54) is 6.26 Å². The SMILES string of the molecule is CCc1noc(C(C)NC2CCN(S(C)(=O)=O)CC2C)n1. The van der Waals surface area contributed by atoms with Crippen molar-refractivity contribution in [2.45, 2.75) is 45.7 Å². The van der Waals surface area contributed by atoms with Gasteiger partial charge in [-0.3, -0.25) is 0 Å². The van der Waals surface area contributed by atoms with Crippen molar-refractivity contribution in [2.24, 2.45) is 5.92 Å². The average Bonchev–Trinajstić information content (AvgIpc) is 2.88. The molecule has 2 heterocycles. The molecule has 0 radical (unpaired) electrons. The number of aryl methyl sites for hydroxylation is 1. The van der Waals surface area contributed by atoms with Gasteiger partial charge in [-0.05, 0) is 19.3 Å². The van der Waals surface area contributed by atoms with E-state index in [1.807, 2.05) is 13.8 Å². The van der Waals surface area contributed by atoms with Gasteiger partial charge in [-0.25, -0.2) is 12.7 Å². The Kier molecular flexibility index (Phi) is 5.00. The largest absolute Gasteiger partial charge is 0.338 e. The second kappa shape index (κ2) is 6.41. The van der Waals surface area contributed by atoms with Gasteiger partial charge < -0.3 is 9.84 Å². The summed E-state index contributed by atoms with van der Waals surface area (Å²) in [5, 5.41) is 7.38. The third-order valence-corrected chi connectivity index (χ3v) is 5.24. The number of hydrogen-bond donors (Lipinski definition) is 1. The number of rotatable bonds is 5. The predicted molar refractivity (Wildman–Crippen MR) is 79.2 cm³/mol. The van der Waals surface area contributed by atoms with Crippen molar-refractivity contribution in [1.29, 1.82) is 0 Å². The number of hydrogen-bond acceptors (Lipinski definition) is 6. The summed E-state index contributed by atoms with van der Waals surface area (Å²) in [6, 6.07) is 0.213. The van der Waals surface area contributed by atoms with E-state index in [0.717, 1.165) is 12.8 Å². The highest BCUT2D eigenvalue weighted by atomic mass is 32.2. The van der Waals surface area contributed by atoms with E-state index in [9.17, 15) is 8.42 Å².